The molecule has 0 saturated carbocycles. The van der Waals surface area contributed by atoms with Crippen molar-refractivity contribution in [1.29, 1.82) is 0 Å². The first-order valence-electron chi connectivity index (χ1n) is 3.93. The monoisotopic (exact) mass is 172 g/mol. The first kappa shape index (κ1) is 8.99. The Labute approximate surface area is 70.4 Å². The zero-order chi connectivity index (χ0) is 9.14. The highest BCUT2D eigenvalue weighted by Gasteiger charge is 2.35. The number of hydrogen-bond donors (Lipinski definition) is 2. The topological polar surface area (TPSA) is 69.6 Å². The van der Waals surface area contributed by atoms with Gasteiger partial charge in [-0.1, -0.05) is 6.92 Å². The fourth-order valence-electron chi connectivity index (χ4n) is 1.17. The number of rotatable bonds is 3. The molecule has 0 aliphatic carbocycles. The summed E-state index contributed by atoms with van der Waals surface area (Å²) >= 11 is 0. The molecule has 2 N–H and O–H groups in total. The van der Waals surface area contributed by atoms with Gasteiger partial charge in [-0.3, -0.25) is 9.69 Å². The highest BCUT2D eigenvalue weighted by atomic mass is 16.3. The van der Waals surface area contributed by atoms with Crippen LogP contribution in [0.15, 0.2) is 0 Å². The van der Waals surface area contributed by atoms with E-state index in [-0.39, 0.29) is 19.1 Å². The van der Waals surface area contributed by atoms with Gasteiger partial charge in [0.05, 0.1) is 13.2 Å². The maximum atomic E-state index is 11.3. The predicted octanol–water partition coefficient (Wildman–Crippen LogP) is -0.691. The minimum atomic E-state index is -0.402. The SMILES string of the molecule is CCC1NC(=O)N(CCO)C1=O. The van der Waals surface area contributed by atoms with Gasteiger partial charge in [0.25, 0.3) is 5.91 Å². The molecule has 1 saturated heterocycles. The predicted molar refractivity (Wildman–Crippen MR) is 41.4 cm³/mol. The summed E-state index contributed by atoms with van der Waals surface area (Å²) < 4.78 is 0. The molecule has 0 spiro atoms. The molecule has 1 rings (SSSR count). The number of β-amino-alcohol motifs (C(OH)–C–C–N with tert-alkyl or cyclic N) is 1. The summed E-state index contributed by atoms with van der Waals surface area (Å²) in [5.41, 5.74) is 0. The van der Waals surface area contributed by atoms with Crippen LogP contribution in [0, 0.1) is 0 Å². The molecule has 0 aromatic heterocycles. The molecule has 5 nitrogen and oxygen atoms in total. The van der Waals surface area contributed by atoms with Gasteiger partial charge in [-0.2, -0.15) is 0 Å². The van der Waals surface area contributed by atoms with E-state index in [9.17, 15) is 9.59 Å². The second-order valence-electron chi connectivity index (χ2n) is 2.62. The Kier molecular flexibility index (Phi) is 2.65. The van der Waals surface area contributed by atoms with Crippen LogP contribution in [-0.2, 0) is 4.79 Å². The molecule has 0 aromatic rings. The third kappa shape index (κ3) is 1.40. The molecule has 0 bridgehead atoms. The molecular formula is C7H12N2O3. The molecule has 1 atom stereocenters. The van der Waals surface area contributed by atoms with E-state index in [4.69, 9.17) is 5.11 Å². The van der Waals surface area contributed by atoms with Crippen LogP contribution in [0.4, 0.5) is 4.79 Å². The molecule has 1 aliphatic heterocycles. The molecule has 12 heavy (non-hydrogen) atoms. The Morgan fingerprint density at radius 3 is 2.67 bits per heavy atom. The van der Waals surface area contributed by atoms with Crippen molar-refractivity contribution in [2.75, 3.05) is 13.2 Å². The number of urea groups is 1. The van der Waals surface area contributed by atoms with Crippen molar-refractivity contribution in [2.24, 2.45) is 0 Å². The number of imide groups is 1. The molecule has 0 aromatic carbocycles. The van der Waals surface area contributed by atoms with Crippen LogP contribution < -0.4 is 5.32 Å². The van der Waals surface area contributed by atoms with E-state index in [2.05, 4.69) is 5.32 Å². The molecule has 1 aliphatic rings. The second-order valence-corrected chi connectivity index (χ2v) is 2.62. The van der Waals surface area contributed by atoms with Crippen molar-refractivity contribution in [3.05, 3.63) is 0 Å². The minimum Gasteiger partial charge on any atom is -0.395 e. The Hall–Kier alpha value is -1.10. The molecule has 1 heterocycles. The lowest BCUT2D eigenvalue weighted by Crippen LogP contribution is -2.33. The van der Waals surface area contributed by atoms with Crippen molar-refractivity contribution in [3.8, 4) is 0 Å². The molecule has 1 unspecified atom stereocenters. The fourth-order valence-corrected chi connectivity index (χ4v) is 1.17. The van der Waals surface area contributed by atoms with E-state index in [1.807, 2.05) is 6.92 Å². The largest absolute Gasteiger partial charge is 0.395 e. The van der Waals surface area contributed by atoms with Gasteiger partial charge >= 0.3 is 6.03 Å². The third-order valence-electron chi connectivity index (χ3n) is 1.84. The summed E-state index contributed by atoms with van der Waals surface area (Å²) in [6.45, 7) is 1.72. The summed E-state index contributed by atoms with van der Waals surface area (Å²) in [5, 5.41) is 11.1. The zero-order valence-electron chi connectivity index (χ0n) is 6.91. The third-order valence-corrected chi connectivity index (χ3v) is 1.84. The van der Waals surface area contributed by atoms with E-state index in [0.717, 1.165) is 4.90 Å². The highest BCUT2D eigenvalue weighted by molar-refractivity contribution is 6.04. The maximum Gasteiger partial charge on any atom is 0.324 e. The van der Waals surface area contributed by atoms with Crippen molar-refractivity contribution >= 4 is 11.9 Å². The van der Waals surface area contributed by atoms with Crippen molar-refractivity contribution in [3.63, 3.8) is 0 Å². The van der Waals surface area contributed by atoms with Gasteiger partial charge in [-0.15, -0.1) is 0 Å². The maximum absolute atomic E-state index is 11.3. The average Bonchev–Trinajstić information content (AvgIpc) is 2.32. The van der Waals surface area contributed by atoms with Crippen LogP contribution in [0.3, 0.4) is 0 Å². The van der Waals surface area contributed by atoms with Crippen LogP contribution >= 0.6 is 0 Å². The Bertz CT molecular complexity index is 205. The number of hydrogen-bond acceptors (Lipinski definition) is 3. The zero-order valence-corrected chi connectivity index (χ0v) is 6.91. The van der Waals surface area contributed by atoms with Crippen LogP contribution in [0.1, 0.15) is 13.3 Å². The summed E-state index contributed by atoms with van der Waals surface area (Å²) in [5.74, 6) is -0.239. The summed E-state index contributed by atoms with van der Waals surface area (Å²) in [7, 11) is 0. The fraction of sp³-hybridized carbons (Fsp3) is 0.714. The molecule has 68 valence electrons. The summed E-state index contributed by atoms with van der Waals surface area (Å²) in [6, 6.07) is -0.801. The van der Waals surface area contributed by atoms with E-state index in [1.165, 1.54) is 0 Å². The van der Waals surface area contributed by atoms with E-state index in [1.54, 1.807) is 0 Å². The van der Waals surface area contributed by atoms with Crippen molar-refractivity contribution in [2.45, 2.75) is 19.4 Å². The number of carbonyl (C=O) groups excluding carboxylic acids is 2. The highest BCUT2D eigenvalue weighted by Crippen LogP contribution is 2.07. The normalized spacial score (nSPS) is 23.2. The smallest absolute Gasteiger partial charge is 0.324 e. The number of nitrogens with one attached hydrogen (secondary N) is 1. The van der Waals surface area contributed by atoms with Crippen LogP contribution in [0.25, 0.3) is 0 Å². The van der Waals surface area contributed by atoms with Crippen molar-refractivity contribution in [1.82, 2.24) is 10.2 Å². The molecular weight excluding hydrogens is 160 g/mol. The quantitative estimate of drug-likeness (QED) is 0.553. The molecule has 5 heteroatoms. The number of aliphatic hydroxyl groups is 1. The van der Waals surface area contributed by atoms with Gasteiger partial charge in [-0.25, -0.2) is 4.79 Å². The lowest BCUT2D eigenvalue weighted by atomic mass is 10.2. The van der Waals surface area contributed by atoms with Gasteiger partial charge < -0.3 is 10.4 Å². The number of nitrogens with zero attached hydrogens (tertiary/aromatic N) is 1. The van der Waals surface area contributed by atoms with Gasteiger partial charge in [-0.05, 0) is 6.42 Å². The van der Waals surface area contributed by atoms with Gasteiger partial charge in [0.15, 0.2) is 0 Å². The van der Waals surface area contributed by atoms with E-state index < -0.39 is 12.1 Å². The Balaban J connectivity index is 2.64. The van der Waals surface area contributed by atoms with Crippen LogP contribution in [0.2, 0.25) is 0 Å². The van der Waals surface area contributed by atoms with E-state index >= 15 is 0 Å². The van der Waals surface area contributed by atoms with E-state index in [0.29, 0.717) is 6.42 Å². The lowest BCUT2D eigenvalue weighted by molar-refractivity contribution is -0.127. The molecule has 1 fully saturated rings. The Morgan fingerprint density at radius 1 is 1.58 bits per heavy atom. The van der Waals surface area contributed by atoms with Crippen LogP contribution in [0.5, 0.6) is 0 Å². The van der Waals surface area contributed by atoms with Gasteiger partial charge in [0.1, 0.15) is 6.04 Å². The second kappa shape index (κ2) is 3.53. The average molecular weight is 172 g/mol. The van der Waals surface area contributed by atoms with Gasteiger partial charge in [0.2, 0.25) is 0 Å². The summed E-state index contributed by atoms with van der Waals surface area (Å²) in [4.78, 5) is 23.3. The number of aliphatic hydroxyl groups excluding tert-OH is 1. The molecule has 0 radical (unpaired) electrons. The number of amides is 3. The Morgan fingerprint density at radius 2 is 2.25 bits per heavy atom. The van der Waals surface area contributed by atoms with Gasteiger partial charge in [0, 0.05) is 0 Å². The lowest BCUT2D eigenvalue weighted by Gasteiger charge is -2.09. The minimum absolute atomic E-state index is 0.0845. The standard InChI is InChI=1S/C7H12N2O3/c1-2-5-6(11)9(3-4-10)7(12)8-5/h5,10H,2-4H2,1H3,(H,8,12). The summed E-state index contributed by atoms with van der Waals surface area (Å²) in [6.07, 6.45) is 0.590. The molecule has 3 amide bonds. The number of carbonyl (C=O) groups is 2. The first-order chi connectivity index (χ1) is 5.70. The first-order valence-corrected chi connectivity index (χ1v) is 3.93. The van der Waals surface area contributed by atoms with Crippen LogP contribution in [-0.4, -0.2) is 41.1 Å². The van der Waals surface area contributed by atoms with Crippen molar-refractivity contribution < 1.29 is 14.7 Å².